The number of carbonyl (C=O) groups is 1. The Hall–Kier alpha value is -0.570. The maximum Gasteiger partial charge on any atom is 0.309 e. The van der Waals surface area contributed by atoms with Gasteiger partial charge < -0.3 is 9.84 Å². The number of esters is 1. The molecule has 13 heavy (non-hydrogen) atoms. The molecule has 3 nitrogen and oxygen atoms in total. The van der Waals surface area contributed by atoms with E-state index in [1.54, 1.807) is 0 Å². The molecule has 0 aromatic rings. The highest BCUT2D eigenvalue weighted by Gasteiger charge is 2.31. The van der Waals surface area contributed by atoms with E-state index in [0.717, 1.165) is 25.7 Å². The lowest BCUT2D eigenvalue weighted by Crippen LogP contribution is -2.30. The number of aliphatic hydroxyl groups is 1. The smallest absolute Gasteiger partial charge is 0.309 e. The topological polar surface area (TPSA) is 46.5 Å². The summed E-state index contributed by atoms with van der Waals surface area (Å²) in [6.07, 6.45) is 4.05. The Labute approximate surface area is 79.1 Å². The van der Waals surface area contributed by atoms with E-state index in [9.17, 15) is 4.79 Å². The first-order chi connectivity index (χ1) is 6.29. The second kappa shape index (κ2) is 5.22. The van der Waals surface area contributed by atoms with Gasteiger partial charge in [0.25, 0.3) is 0 Å². The van der Waals surface area contributed by atoms with Crippen molar-refractivity contribution in [3.63, 3.8) is 0 Å². The summed E-state index contributed by atoms with van der Waals surface area (Å²) >= 11 is 0. The minimum absolute atomic E-state index is 0.0568. The molecule has 1 saturated carbocycles. The van der Waals surface area contributed by atoms with Crippen molar-refractivity contribution < 1.29 is 14.6 Å². The summed E-state index contributed by atoms with van der Waals surface area (Å²) in [5.41, 5.74) is 0. The molecule has 0 heterocycles. The van der Waals surface area contributed by atoms with Gasteiger partial charge in [0.1, 0.15) is 0 Å². The fourth-order valence-electron chi connectivity index (χ4n) is 1.99. The van der Waals surface area contributed by atoms with Crippen molar-refractivity contribution in [3.05, 3.63) is 0 Å². The molecule has 0 saturated heterocycles. The first kappa shape index (κ1) is 10.5. The van der Waals surface area contributed by atoms with Crippen LogP contribution in [0.2, 0.25) is 0 Å². The van der Waals surface area contributed by atoms with E-state index in [4.69, 9.17) is 9.84 Å². The zero-order valence-electron chi connectivity index (χ0n) is 8.16. The summed E-state index contributed by atoms with van der Waals surface area (Å²) in [4.78, 5) is 11.4. The number of aliphatic hydroxyl groups excluding tert-OH is 1. The molecular formula is C10H18O3. The molecule has 1 N–H and O–H groups in total. The Morgan fingerprint density at radius 3 is 2.77 bits per heavy atom. The Morgan fingerprint density at radius 1 is 1.46 bits per heavy atom. The summed E-state index contributed by atoms with van der Waals surface area (Å²) < 4.78 is 4.96. The van der Waals surface area contributed by atoms with Gasteiger partial charge in [0.2, 0.25) is 0 Å². The number of carbonyl (C=O) groups excluding carboxylic acids is 1. The summed E-state index contributed by atoms with van der Waals surface area (Å²) in [6.45, 7) is 2.37. The zero-order valence-corrected chi connectivity index (χ0v) is 8.16. The second-order valence-corrected chi connectivity index (χ2v) is 3.59. The van der Waals surface area contributed by atoms with E-state index in [2.05, 4.69) is 0 Å². The molecule has 1 fully saturated rings. The number of rotatable bonds is 3. The van der Waals surface area contributed by atoms with Crippen molar-refractivity contribution >= 4 is 5.97 Å². The van der Waals surface area contributed by atoms with Crippen LogP contribution in [0.25, 0.3) is 0 Å². The molecule has 0 radical (unpaired) electrons. The summed E-state index contributed by atoms with van der Waals surface area (Å²) in [7, 11) is 0. The number of hydrogen-bond donors (Lipinski definition) is 1. The maximum absolute atomic E-state index is 11.4. The van der Waals surface area contributed by atoms with E-state index in [-0.39, 0.29) is 24.4 Å². The van der Waals surface area contributed by atoms with E-state index >= 15 is 0 Å². The molecule has 0 spiro atoms. The zero-order chi connectivity index (χ0) is 9.68. The molecule has 3 heteroatoms. The van der Waals surface area contributed by atoms with Crippen LogP contribution >= 0.6 is 0 Å². The second-order valence-electron chi connectivity index (χ2n) is 3.59. The molecule has 0 bridgehead atoms. The SMILES string of the molecule is CCOC(=O)C1CCCCC1CO. The average molecular weight is 186 g/mol. The molecule has 0 aromatic heterocycles. The predicted octanol–water partition coefficient (Wildman–Crippen LogP) is 1.35. The highest BCUT2D eigenvalue weighted by Crippen LogP contribution is 2.30. The molecule has 1 aliphatic rings. The van der Waals surface area contributed by atoms with Gasteiger partial charge in [-0.1, -0.05) is 12.8 Å². The van der Waals surface area contributed by atoms with Crippen LogP contribution in [0.3, 0.4) is 0 Å². The minimum atomic E-state index is -0.124. The molecule has 0 amide bonds. The van der Waals surface area contributed by atoms with Gasteiger partial charge in [-0.25, -0.2) is 0 Å². The van der Waals surface area contributed by atoms with Gasteiger partial charge in [-0.05, 0) is 25.7 Å². The van der Waals surface area contributed by atoms with Gasteiger partial charge in [-0.15, -0.1) is 0 Å². The Bertz CT molecular complexity index is 168. The van der Waals surface area contributed by atoms with E-state index < -0.39 is 0 Å². The van der Waals surface area contributed by atoms with Gasteiger partial charge in [-0.2, -0.15) is 0 Å². The van der Waals surface area contributed by atoms with Crippen LogP contribution in [0.4, 0.5) is 0 Å². The standard InChI is InChI=1S/C10H18O3/c1-2-13-10(12)9-6-4-3-5-8(9)7-11/h8-9,11H,2-7H2,1H3. The van der Waals surface area contributed by atoms with Gasteiger partial charge in [0.05, 0.1) is 12.5 Å². The van der Waals surface area contributed by atoms with Gasteiger partial charge in [-0.3, -0.25) is 4.79 Å². The van der Waals surface area contributed by atoms with E-state index in [1.807, 2.05) is 6.92 Å². The van der Waals surface area contributed by atoms with Crippen molar-refractivity contribution in [1.29, 1.82) is 0 Å². The monoisotopic (exact) mass is 186 g/mol. The largest absolute Gasteiger partial charge is 0.466 e. The molecule has 2 unspecified atom stereocenters. The molecular weight excluding hydrogens is 168 g/mol. The van der Waals surface area contributed by atoms with Crippen molar-refractivity contribution in [3.8, 4) is 0 Å². The van der Waals surface area contributed by atoms with Crippen LogP contribution in [0, 0.1) is 11.8 Å². The Balaban J connectivity index is 2.48. The minimum Gasteiger partial charge on any atom is -0.466 e. The van der Waals surface area contributed by atoms with Crippen molar-refractivity contribution in [2.75, 3.05) is 13.2 Å². The molecule has 76 valence electrons. The van der Waals surface area contributed by atoms with Gasteiger partial charge in [0, 0.05) is 6.61 Å². The van der Waals surface area contributed by atoms with Crippen molar-refractivity contribution in [1.82, 2.24) is 0 Å². The average Bonchev–Trinajstić information content (AvgIpc) is 2.18. The Morgan fingerprint density at radius 2 is 2.15 bits per heavy atom. The van der Waals surface area contributed by atoms with Crippen LogP contribution < -0.4 is 0 Å². The molecule has 2 atom stereocenters. The van der Waals surface area contributed by atoms with Crippen molar-refractivity contribution in [2.24, 2.45) is 11.8 Å². The fraction of sp³-hybridized carbons (Fsp3) is 0.900. The van der Waals surface area contributed by atoms with Gasteiger partial charge >= 0.3 is 5.97 Å². The van der Waals surface area contributed by atoms with Crippen LogP contribution in [0.5, 0.6) is 0 Å². The number of ether oxygens (including phenoxy) is 1. The molecule has 1 aliphatic carbocycles. The molecule has 0 aliphatic heterocycles. The normalized spacial score (nSPS) is 28.5. The highest BCUT2D eigenvalue weighted by molar-refractivity contribution is 5.72. The molecule has 0 aromatic carbocycles. The fourth-order valence-corrected chi connectivity index (χ4v) is 1.99. The van der Waals surface area contributed by atoms with Crippen molar-refractivity contribution in [2.45, 2.75) is 32.6 Å². The lowest BCUT2D eigenvalue weighted by Gasteiger charge is -2.28. The molecule has 1 rings (SSSR count). The lowest BCUT2D eigenvalue weighted by atomic mass is 9.80. The maximum atomic E-state index is 11.4. The third-order valence-corrected chi connectivity index (χ3v) is 2.73. The third kappa shape index (κ3) is 2.69. The third-order valence-electron chi connectivity index (χ3n) is 2.73. The Kier molecular flexibility index (Phi) is 4.22. The number of hydrogen-bond acceptors (Lipinski definition) is 3. The van der Waals surface area contributed by atoms with Crippen LogP contribution in [0.1, 0.15) is 32.6 Å². The van der Waals surface area contributed by atoms with Crippen LogP contribution in [0.15, 0.2) is 0 Å². The van der Waals surface area contributed by atoms with E-state index in [1.165, 1.54) is 0 Å². The van der Waals surface area contributed by atoms with Crippen LogP contribution in [-0.2, 0) is 9.53 Å². The lowest BCUT2D eigenvalue weighted by molar-refractivity contribution is -0.152. The first-order valence-corrected chi connectivity index (χ1v) is 5.07. The summed E-state index contributed by atoms with van der Waals surface area (Å²) in [5, 5.41) is 9.07. The highest BCUT2D eigenvalue weighted by atomic mass is 16.5. The summed E-state index contributed by atoms with van der Waals surface area (Å²) in [5.74, 6) is -0.0484. The summed E-state index contributed by atoms with van der Waals surface area (Å²) in [6, 6.07) is 0. The predicted molar refractivity (Wildman–Crippen MR) is 49.2 cm³/mol. The first-order valence-electron chi connectivity index (χ1n) is 5.07. The van der Waals surface area contributed by atoms with E-state index in [0.29, 0.717) is 6.61 Å². The quantitative estimate of drug-likeness (QED) is 0.677. The van der Waals surface area contributed by atoms with Crippen LogP contribution in [-0.4, -0.2) is 24.3 Å². The van der Waals surface area contributed by atoms with Gasteiger partial charge in [0.15, 0.2) is 0 Å².